The summed E-state index contributed by atoms with van der Waals surface area (Å²) < 4.78 is 23.1. The molecule has 0 radical (unpaired) electrons. The van der Waals surface area contributed by atoms with Crippen molar-refractivity contribution in [3.8, 4) is 0 Å². The number of para-hydroxylation sites is 1. The zero-order chi connectivity index (χ0) is 29.6. The maximum Gasteiger partial charge on any atom is 0.419 e. The summed E-state index contributed by atoms with van der Waals surface area (Å²) in [7, 11) is 0. The van der Waals surface area contributed by atoms with Crippen molar-refractivity contribution in [3.05, 3.63) is 82.2 Å². The number of hydrogen-bond acceptors (Lipinski definition) is 8. The highest BCUT2D eigenvalue weighted by molar-refractivity contribution is 7.18. The predicted molar refractivity (Wildman–Crippen MR) is 158 cm³/mol. The summed E-state index contributed by atoms with van der Waals surface area (Å²) in [6.45, 7) is 9.87. The maximum absolute atomic E-state index is 14.2. The number of thiophene rings is 1. The molecule has 8 nitrogen and oxygen atoms in total. The number of amides is 1. The molecule has 218 valence electrons. The van der Waals surface area contributed by atoms with E-state index in [4.69, 9.17) is 18.9 Å². The van der Waals surface area contributed by atoms with Crippen LogP contribution < -0.4 is 4.90 Å². The number of benzene rings is 2. The average Bonchev–Trinajstić information content (AvgIpc) is 3.33. The second-order valence-corrected chi connectivity index (χ2v) is 11.6. The van der Waals surface area contributed by atoms with Gasteiger partial charge in [0.25, 0.3) is 0 Å². The van der Waals surface area contributed by atoms with Crippen molar-refractivity contribution in [2.24, 2.45) is 5.92 Å². The minimum absolute atomic E-state index is 0.0445. The highest BCUT2D eigenvalue weighted by Crippen LogP contribution is 2.46. The molecule has 0 saturated carbocycles. The van der Waals surface area contributed by atoms with Crippen molar-refractivity contribution < 1.29 is 33.3 Å². The molecule has 1 heterocycles. The summed E-state index contributed by atoms with van der Waals surface area (Å²) in [4.78, 5) is 43.1. The molecule has 0 aliphatic heterocycles. The number of hydrogen-bond donors (Lipinski definition) is 0. The van der Waals surface area contributed by atoms with Crippen LogP contribution in [0.4, 0.5) is 15.5 Å². The molecule has 0 bridgehead atoms. The molecule has 4 rings (SSSR count). The first kappa shape index (κ1) is 30.4. The van der Waals surface area contributed by atoms with E-state index in [1.807, 2.05) is 50.2 Å². The first-order valence-corrected chi connectivity index (χ1v) is 14.7. The van der Waals surface area contributed by atoms with Crippen LogP contribution in [-0.4, -0.2) is 43.0 Å². The molecule has 2 aromatic carbocycles. The molecule has 41 heavy (non-hydrogen) atoms. The summed E-state index contributed by atoms with van der Waals surface area (Å²) >= 11 is 1.07. The summed E-state index contributed by atoms with van der Waals surface area (Å²) in [5.74, 6) is -1.37. The minimum Gasteiger partial charge on any atom is -0.456 e. The molecule has 1 aliphatic rings. The Hall–Kier alpha value is -3.53. The molecule has 0 N–H and O–H groups in total. The van der Waals surface area contributed by atoms with E-state index in [-0.39, 0.29) is 12.4 Å². The monoisotopic (exact) mass is 579 g/mol. The maximum atomic E-state index is 14.2. The molecule has 1 unspecified atom stereocenters. The SMILES string of the molecule is CCOC(OCC)C1CCc2c(C(=O)OC(C)(C)C)sc(N(C(=O)OCc3ccccc3)c3ccccc3)c2C1=O. The van der Waals surface area contributed by atoms with Gasteiger partial charge in [-0.05, 0) is 70.7 Å². The lowest BCUT2D eigenvalue weighted by molar-refractivity contribution is -0.158. The number of carbonyl (C=O) groups excluding carboxylic acids is 3. The van der Waals surface area contributed by atoms with Crippen LogP contribution in [0.15, 0.2) is 60.7 Å². The lowest BCUT2D eigenvalue weighted by Gasteiger charge is -2.30. The molecule has 0 spiro atoms. The third-order valence-corrected chi connectivity index (χ3v) is 7.65. The number of Topliss-reactive ketones (excluding diaryl/α,β-unsaturated/α-hetero) is 1. The first-order valence-electron chi connectivity index (χ1n) is 13.9. The van der Waals surface area contributed by atoms with Crippen LogP contribution in [0.1, 0.15) is 72.2 Å². The zero-order valence-corrected chi connectivity index (χ0v) is 25.0. The normalized spacial score (nSPS) is 15.0. The molecular formula is C32H37NO7S. The number of rotatable bonds is 10. The third-order valence-electron chi connectivity index (χ3n) is 6.46. The summed E-state index contributed by atoms with van der Waals surface area (Å²) in [6.07, 6.45) is -0.541. The predicted octanol–water partition coefficient (Wildman–Crippen LogP) is 7.32. The Kier molecular flexibility index (Phi) is 9.96. The molecule has 1 aliphatic carbocycles. The number of anilines is 2. The van der Waals surface area contributed by atoms with E-state index in [1.54, 1.807) is 45.0 Å². The van der Waals surface area contributed by atoms with Crippen LogP contribution in [0.3, 0.4) is 0 Å². The van der Waals surface area contributed by atoms with Gasteiger partial charge in [0.15, 0.2) is 12.1 Å². The van der Waals surface area contributed by atoms with Gasteiger partial charge in [0.1, 0.15) is 22.1 Å². The molecule has 1 aromatic heterocycles. The Morgan fingerprint density at radius 2 is 1.59 bits per heavy atom. The average molecular weight is 580 g/mol. The van der Waals surface area contributed by atoms with Gasteiger partial charge in [-0.25, -0.2) is 14.5 Å². The Bertz CT molecular complexity index is 1340. The van der Waals surface area contributed by atoms with Crippen molar-refractivity contribution in [1.82, 2.24) is 0 Å². The lowest BCUT2D eigenvalue weighted by atomic mass is 9.82. The quantitative estimate of drug-likeness (QED) is 0.184. The van der Waals surface area contributed by atoms with E-state index in [0.717, 1.165) is 16.9 Å². The lowest BCUT2D eigenvalue weighted by Crippen LogP contribution is -2.37. The first-order chi connectivity index (χ1) is 19.6. The summed E-state index contributed by atoms with van der Waals surface area (Å²) in [5, 5.41) is 0.312. The number of carbonyl (C=O) groups is 3. The number of esters is 1. The molecular weight excluding hydrogens is 542 g/mol. The van der Waals surface area contributed by atoms with E-state index < -0.39 is 29.9 Å². The number of nitrogens with zero attached hydrogens (tertiary/aromatic N) is 1. The van der Waals surface area contributed by atoms with Crippen LogP contribution >= 0.6 is 11.3 Å². The fourth-order valence-electron chi connectivity index (χ4n) is 4.74. The molecule has 3 aromatic rings. The highest BCUT2D eigenvalue weighted by atomic mass is 32.1. The van der Waals surface area contributed by atoms with E-state index in [9.17, 15) is 14.4 Å². The minimum atomic E-state index is -0.738. The van der Waals surface area contributed by atoms with Gasteiger partial charge in [-0.3, -0.25) is 4.79 Å². The topological polar surface area (TPSA) is 91.4 Å². The van der Waals surface area contributed by atoms with Crippen LogP contribution in [-0.2, 0) is 32.0 Å². The second kappa shape index (κ2) is 13.4. The molecule has 0 fully saturated rings. The molecule has 9 heteroatoms. The Morgan fingerprint density at radius 1 is 0.976 bits per heavy atom. The molecule has 1 atom stereocenters. The number of ketones is 1. The van der Waals surface area contributed by atoms with E-state index >= 15 is 0 Å². The molecule has 1 amide bonds. The van der Waals surface area contributed by atoms with Gasteiger partial charge in [-0.15, -0.1) is 11.3 Å². The van der Waals surface area contributed by atoms with Crippen molar-refractivity contribution in [2.75, 3.05) is 18.1 Å². The van der Waals surface area contributed by atoms with Crippen molar-refractivity contribution in [1.29, 1.82) is 0 Å². The summed E-state index contributed by atoms with van der Waals surface area (Å²) in [5.41, 5.74) is 1.47. The van der Waals surface area contributed by atoms with Gasteiger partial charge >= 0.3 is 12.1 Å². The van der Waals surface area contributed by atoms with Gasteiger partial charge in [0.05, 0.1) is 17.2 Å². The standard InChI is InChI=1S/C32H37NO7S/c1-6-37-30(38-7-2)24-19-18-23-25(26(24)34)28(41-27(23)29(35)40-32(3,4)5)33(22-16-12-9-13-17-22)31(36)39-20-21-14-10-8-11-15-21/h8-17,24,30H,6-7,18-20H2,1-5H3. The fourth-order valence-corrected chi connectivity index (χ4v) is 5.99. The smallest absolute Gasteiger partial charge is 0.419 e. The third kappa shape index (κ3) is 7.22. The Morgan fingerprint density at radius 3 is 2.17 bits per heavy atom. The number of ether oxygens (including phenoxy) is 4. The van der Waals surface area contributed by atoms with E-state index in [0.29, 0.717) is 52.7 Å². The van der Waals surface area contributed by atoms with Crippen molar-refractivity contribution in [3.63, 3.8) is 0 Å². The van der Waals surface area contributed by atoms with Crippen LogP contribution in [0.5, 0.6) is 0 Å². The van der Waals surface area contributed by atoms with Gasteiger partial charge in [-0.2, -0.15) is 0 Å². The highest BCUT2D eigenvalue weighted by Gasteiger charge is 2.42. The van der Waals surface area contributed by atoms with Crippen LogP contribution in [0.2, 0.25) is 0 Å². The van der Waals surface area contributed by atoms with Crippen LogP contribution in [0.25, 0.3) is 0 Å². The van der Waals surface area contributed by atoms with Gasteiger partial charge in [-0.1, -0.05) is 48.5 Å². The number of fused-ring (bicyclic) bond motifs is 1. The summed E-state index contributed by atoms with van der Waals surface area (Å²) in [6, 6.07) is 18.3. The van der Waals surface area contributed by atoms with E-state index in [1.165, 1.54) is 4.90 Å². The van der Waals surface area contributed by atoms with Crippen molar-refractivity contribution in [2.45, 2.75) is 66.0 Å². The second-order valence-electron chi connectivity index (χ2n) is 10.6. The Labute approximate surface area is 245 Å². The Balaban J connectivity index is 1.83. The largest absolute Gasteiger partial charge is 0.456 e. The fraction of sp³-hybridized carbons (Fsp3) is 0.406. The van der Waals surface area contributed by atoms with Crippen LogP contribution in [0, 0.1) is 5.92 Å². The zero-order valence-electron chi connectivity index (χ0n) is 24.2. The molecule has 0 saturated heterocycles. The van der Waals surface area contributed by atoms with Gasteiger partial charge in [0.2, 0.25) is 0 Å². The van der Waals surface area contributed by atoms with Crippen molar-refractivity contribution >= 4 is 39.9 Å². The van der Waals surface area contributed by atoms with Gasteiger partial charge in [0, 0.05) is 13.2 Å². The van der Waals surface area contributed by atoms with Gasteiger partial charge < -0.3 is 18.9 Å². The van der Waals surface area contributed by atoms with E-state index in [2.05, 4.69) is 0 Å².